The van der Waals surface area contributed by atoms with E-state index in [1.807, 2.05) is 91.0 Å². The van der Waals surface area contributed by atoms with Crippen molar-refractivity contribution < 1.29 is 18.3 Å². The van der Waals surface area contributed by atoms with Crippen molar-refractivity contribution in [2.24, 2.45) is 0 Å². The SMILES string of the molecule is Oc1ccnc2ccc(-c3cn(C(c4ccccc4)(c4ccccc4)c4ccccc4)nc3C(F)(F)F)cc12. The number of halogens is 3. The monoisotopic (exact) mass is 521 g/mol. The Kier molecular flexibility index (Phi) is 5.91. The number of rotatable bonds is 5. The largest absolute Gasteiger partial charge is 0.507 e. The molecule has 0 aliphatic rings. The van der Waals surface area contributed by atoms with Crippen molar-refractivity contribution in [3.05, 3.63) is 150 Å². The molecule has 0 aliphatic carbocycles. The Morgan fingerprint density at radius 3 is 1.72 bits per heavy atom. The maximum atomic E-state index is 14.6. The highest BCUT2D eigenvalue weighted by Gasteiger charge is 2.44. The summed E-state index contributed by atoms with van der Waals surface area (Å²) in [7, 11) is 0. The van der Waals surface area contributed by atoms with Gasteiger partial charge in [0.2, 0.25) is 0 Å². The molecule has 0 unspecified atom stereocenters. The van der Waals surface area contributed by atoms with Crippen LogP contribution in [-0.4, -0.2) is 19.9 Å². The van der Waals surface area contributed by atoms with Gasteiger partial charge in [-0.3, -0.25) is 9.67 Å². The molecule has 0 spiro atoms. The van der Waals surface area contributed by atoms with E-state index in [1.165, 1.54) is 29.2 Å². The van der Waals surface area contributed by atoms with Crippen LogP contribution in [0, 0.1) is 0 Å². The fourth-order valence-corrected chi connectivity index (χ4v) is 5.20. The van der Waals surface area contributed by atoms with Gasteiger partial charge in [0.15, 0.2) is 5.69 Å². The molecule has 192 valence electrons. The Hall–Kier alpha value is -4.91. The lowest BCUT2D eigenvalue weighted by Gasteiger charge is -2.36. The molecule has 4 aromatic carbocycles. The second kappa shape index (κ2) is 9.44. The summed E-state index contributed by atoms with van der Waals surface area (Å²) in [5, 5.41) is 15.0. The number of aromatic nitrogens is 3. The summed E-state index contributed by atoms with van der Waals surface area (Å²) in [4.78, 5) is 4.21. The molecule has 6 aromatic rings. The van der Waals surface area contributed by atoms with Crippen LogP contribution in [-0.2, 0) is 11.7 Å². The number of hydrogen-bond acceptors (Lipinski definition) is 3. The summed E-state index contributed by atoms with van der Waals surface area (Å²) in [6, 6.07) is 34.3. The van der Waals surface area contributed by atoms with Gasteiger partial charge in [-0.2, -0.15) is 18.3 Å². The van der Waals surface area contributed by atoms with Crippen molar-refractivity contribution in [2.45, 2.75) is 11.7 Å². The number of hydrogen-bond donors (Lipinski definition) is 1. The molecule has 0 radical (unpaired) electrons. The number of nitrogens with zero attached hydrogens (tertiary/aromatic N) is 3. The minimum Gasteiger partial charge on any atom is -0.507 e. The molecule has 0 saturated carbocycles. The molecular formula is C32H22F3N3O. The van der Waals surface area contributed by atoms with Gasteiger partial charge in [0.05, 0.1) is 5.52 Å². The molecule has 4 nitrogen and oxygen atoms in total. The number of aromatic hydroxyl groups is 1. The van der Waals surface area contributed by atoms with Crippen molar-refractivity contribution in [1.82, 2.24) is 14.8 Å². The van der Waals surface area contributed by atoms with Crippen LogP contribution in [0.25, 0.3) is 22.0 Å². The molecular weight excluding hydrogens is 499 g/mol. The van der Waals surface area contributed by atoms with Crippen LogP contribution in [0.2, 0.25) is 0 Å². The van der Waals surface area contributed by atoms with Crippen molar-refractivity contribution in [2.75, 3.05) is 0 Å². The van der Waals surface area contributed by atoms with Crippen LogP contribution in [0.3, 0.4) is 0 Å². The Labute approximate surface area is 222 Å². The van der Waals surface area contributed by atoms with Gasteiger partial charge in [-0.1, -0.05) is 97.1 Å². The molecule has 2 aromatic heterocycles. The highest BCUT2D eigenvalue weighted by Crippen LogP contribution is 2.44. The molecule has 0 fully saturated rings. The second-order valence-electron chi connectivity index (χ2n) is 9.20. The zero-order chi connectivity index (χ0) is 27.0. The summed E-state index contributed by atoms with van der Waals surface area (Å²) >= 11 is 0. The first-order chi connectivity index (χ1) is 18.9. The third-order valence-corrected chi connectivity index (χ3v) is 6.93. The second-order valence-corrected chi connectivity index (χ2v) is 9.20. The molecule has 0 bridgehead atoms. The predicted molar refractivity (Wildman–Crippen MR) is 144 cm³/mol. The third kappa shape index (κ3) is 4.12. The van der Waals surface area contributed by atoms with E-state index in [0.29, 0.717) is 10.9 Å². The summed E-state index contributed by atoms with van der Waals surface area (Å²) < 4.78 is 45.2. The van der Waals surface area contributed by atoms with Crippen molar-refractivity contribution in [1.29, 1.82) is 0 Å². The first-order valence-electron chi connectivity index (χ1n) is 12.3. The van der Waals surface area contributed by atoms with Gasteiger partial charge in [-0.15, -0.1) is 0 Å². The number of benzene rings is 4. The zero-order valence-corrected chi connectivity index (χ0v) is 20.5. The standard InChI is InChI=1S/C32H22F3N3O/c33-32(34,35)30-27(22-16-17-28-26(20-22)29(39)18-19-36-28)21-38(37-30)31(23-10-4-1-5-11-23,24-12-6-2-7-13-24)25-14-8-3-9-15-25/h1-21H,(H,36,39). The quantitative estimate of drug-likeness (QED) is 0.237. The average molecular weight is 522 g/mol. The maximum Gasteiger partial charge on any atom is 0.435 e. The van der Waals surface area contributed by atoms with Gasteiger partial charge < -0.3 is 5.11 Å². The molecule has 39 heavy (non-hydrogen) atoms. The topological polar surface area (TPSA) is 50.9 Å². The van der Waals surface area contributed by atoms with E-state index in [1.54, 1.807) is 12.1 Å². The average Bonchev–Trinajstić information content (AvgIpc) is 3.42. The Morgan fingerprint density at radius 1 is 0.667 bits per heavy atom. The molecule has 2 heterocycles. The molecule has 6 rings (SSSR count). The fourth-order valence-electron chi connectivity index (χ4n) is 5.20. The third-order valence-electron chi connectivity index (χ3n) is 6.93. The molecule has 0 saturated heterocycles. The molecule has 1 N–H and O–H groups in total. The van der Waals surface area contributed by atoms with E-state index >= 15 is 0 Å². The van der Waals surface area contributed by atoms with Crippen LogP contribution in [0.4, 0.5) is 13.2 Å². The zero-order valence-electron chi connectivity index (χ0n) is 20.5. The number of pyridine rings is 1. The van der Waals surface area contributed by atoms with Crippen molar-refractivity contribution in [3.63, 3.8) is 0 Å². The van der Waals surface area contributed by atoms with Gasteiger partial charge >= 0.3 is 6.18 Å². The van der Waals surface area contributed by atoms with E-state index in [9.17, 15) is 18.3 Å². The normalized spacial score (nSPS) is 12.1. The fraction of sp³-hybridized carbons (Fsp3) is 0.0625. The molecule has 0 amide bonds. The van der Waals surface area contributed by atoms with E-state index in [2.05, 4.69) is 10.1 Å². The van der Waals surface area contributed by atoms with Crippen LogP contribution in [0.1, 0.15) is 22.4 Å². The van der Waals surface area contributed by atoms with Gasteiger partial charge in [0, 0.05) is 23.3 Å². The molecule has 0 atom stereocenters. The molecule has 0 aliphatic heterocycles. The van der Waals surface area contributed by atoms with Crippen LogP contribution < -0.4 is 0 Å². The van der Waals surface area contributed by atoms with Gasteiger partial charge in [-0.25, -0.2) is 0 Å². The molecule has 7 heteroatoms. The lowest BCUT2D eigenvalue weighted by Crippen LogP contribution is -2.38. The first-order valence-corrected chi connectivity index (χ1v) is 12.3. The van der Waals surface area contributed by atoms with Gasteiger partial charge in [0.1, 0.15) is 11.3 Å². The summed E-state index contributed by atoms with van der Waals surface area (Å²) in [5.41, 5.74) is 0.695. The first kappa shape index (κ1) is 24.4. The number of fused-ring (bicyclic) bond motifs is 1. The van der Waals surface area contributed by atoms with Crippen molar-refractivity contribution >= 4 is 10.9 Å². The summed E-state index contributed by atoms with van der Waals surface area (Å²) in [6.45, 7) is 0. The van der Waals surface area contributed by atoms with E-state index in [-0.39, 0.29) is 16.9 Å². The summed E-state index contributed by atoms with van der Waals surface area (Å²) in [6.07, 6.45) is -1.84. The Balaban J connectivity index is 1.70. The predicted octanol–water partition coefficient (Wildman–Crippen LogP) is 7.66. The lowest BCUT2D eigenvalue weighted by atomic mass is 9.77. The van der Waals surface area contributed by atoms with E-state index < -0.39 is 17.4 Å². The smallest absolute Gasteiger partial charge is 0.435 e. The van der Waals surface area contributed by atoms with Crippen LogP contribution >= 0.6 is 0 Å². The minimum absolute atomic E-state index is 0.0602. The Bertz CT molecular complexity index is 1650. The van der Waals surface area contributed by atoms with Crippen LogP contribution in [0.5, 0.6) is 5.75 Å². The van der Waals surface area contributed by atoms with Crippen LogP contribution in [0.15, 0.2) is 128 Å². The van der Waals surface area contributed by atoms with E-state index in [4.69, 9.17) is 0 Å². The van der Waals surface area contributed by atoms with E-state index in [0.717, 1.165) is 16.7 Å². The lowest BCUT2D eigenvalue weighted by molar-refractivity contribution is -0.141. The van der Waals surface area contributed by atoms with Gasteiger partial charge in [0.25, 0.3) is 0 Å². The summed E-state index contributed by atoms with van der Waals surface area (Å²) in [5.74, 6) is -0.0602. The van der Waals surface area contributed by atoms with Gasteiger partial charge in [-0.05, 0) is 40.5 Å². The Morgan fingerprint density at radius 2 is 1.21 bits per heavy atom. The minimum atomic E-state index is -4.73. The number of alkyl halides is 3. The maximum absolute atomic E-state index is 14.6. The highest BCUT2D eigenvalue weighted by atomic mass is 19.4. The highest BCUT2D eigenvalue weighted by molar-refractivity contribution is 5.89. The van der Waals surface area contributed by atoms with Crippen molar-refractivity contribution in [3.8, 4) is 16.9 Å².